The summed E-state index contributed by atoms with van der Waals surface area (Å²) in [6.45, 7) is 10.0. The van der Waals surface area contributed by atoms with E-state index in [1.165, 1.54) is 0 Å². The van der Waals surface area contributed by atoms with Crippen molar-refractivity contribution in [2.24, 2.45) is 5.73 Å². The molecule has 0 aromatic carbocycles. The molecule has 18 heavy (non-hydrogen) atoms. The van der Waals surface area contributed by atoms with Crippen molar-refractivity contribution in [3.63, 3.8) is 0 Å². The van der Waals surface area contributed by atoms with E-state index in [-0.39, 0.29) is 5.91 Å². The lowest BCUT2D eigenvalue weighted by atomic mass is 9.96. The quantitative estimate of drug-likeness (QED) is 0.619. The fourth-order valence-corrected chi connectivity index (χ4v) is 1.78. The standard InChI is InChI=1S/C14H31N3O/c1-6-9-14(4,15)13(18)16-10-7-8-11-17(5)12(2)3/h12H,6-11,15H2,1-5H3,(H,16,18). The van der Waals surface area contributed by atoms with E-state index in [2.05, 4.69) is 31.1 Å². The summed E-state index contributed by atoms with van der Waals surface area (Å²) in [4.78, 5) is 14.1. The van der Waals surface area contributed by atoms with E-state index >= 15 is 0 Å². The largest absolute Gasteiger partial charge is 0.355 e. The van der Waals surface area contributed by atoms with Crippen molar-refractivity contribution in [2.75, 3.05) is 20.1 Å². The van der Waals surface area contributed by atoms with Gasteiger partial charge in [-0.2, -0.15) is 0 Å². The van der Waals surface area contributed by atoms with E-state index in [1.807, 2.05) is 6.92 Å². The van der Waals surface area contributed by atoms with Crippen molar-refractivity contribution in [1.82, 2.24) is 10.2 Å². The van der Waals surface area contributed by atoms with Crippen LogP contribution < -0.4 is 11.1 Å². The molecular weight excluding hydrogens is 226 g/mol. The number of nitrogens with one attached hydrogen (secondary N) is 1. The van der Waals surface area contributed by atoms with Crippen molar-refractivity contribution < 1.29 is 4.79 Å². The van der Waals surface area contributed by atoms with E-state index in [0.717, 1.165) is 38.8 Å². The van der Waals surface area contributed by atoms with Gasteiger partial charge in [0.25, 0.3) is 0 Å². The molecular formula is C14H31N3O. The molecule has 0 aromatic rings. The normalized spacial score (nSPS) is 14.9. The van der Waals surface area contributed by atoms with Crippen LogP contribution in [0.2, 0.25) is 0 Å². The predicted molar refractivity (Wildman–Crippen MR) is 77.5 cm³/mol. The van der Waals surface area contributed by atoms with Gasteiger partial charge in [-0.25, -0.2) is 0 Å². The minimum absolute atomic E-state index is 0.0263. The van der Waals surface area contributed by atoms with Gasteiger partial charge in [0.15, 0.2) is 0 Å². The molecule has 4 nitrogen and oxygen atoms in total. The number of hydrogen-bond donors (Lipinski definition) is 2. The Morgan fingerprint density at radius 1 is 1.39 bits per heavy atom. The number of nitrogens with zero attached hydrogens (tertiary/aromatic N) is 1. The molecule has 108 valence electrons. The average Bonchev–Trinajstić information content (AvgIpc) is 2.27. The second-order valence-electron chi connectivity index (χ2n) is 5.70. The zero-order valence-electron chi connectivity index (χ0n) is 12.8. The summed E-state index contributed by atoms with van der Waals surface area (Å²) >= 11 is 0. The Morgan fingerprint density at radius 3 is 2.50 bits per heavy atom. The molecule has 0 rings (SSSR count). The van der Waals surface area contributed by atoms with Gasteiger partial charge in [-0.3, -0.25) is 4.79 Å². The SMILES string of the molecule is CCCC(C)(N)C(=O)NCCCCN(C)C(C)C. The third kappa shape index (κ3) is 6.97. The van der Waals surface area contributed by atoms with Crippen molar-refractivity contribution in [2.45, 2.75) is 65.0 Å². The molecule has 0 bridgehead atoms. The fourth-order valence-electron chi connectivity index (χ4n) is 1.78. The van der Waals surface area contributed by atoms with Gasteiger partial charge in [0.1, 0.15) is 0 Å². The van der Waals surface area contributed by atoms with Crippen LogP contribution >= 0.6 is 0 Å². The molecule has 0 spiro atoms. The molecule has 0 radical (unpaired) electrons. The van der Waals surface area contributed by atoms with Gasteiger partial charge in [0, 0.05) is 12.6 Å². The maximum atomic E-state index is 11.8. The highest BCUT2D eigenvalue weighted by Crippen LogP contribution is 2.08. The van der Waals surface area contributed by atoms with Gasteiger partial charge < -0.3 is 16.0 Å². The summed E-state index contributed by atoms with van der Waals surface area (Å²) in [5, 5.41) is 2.93. The van der Waals surface area contributed by atoms with Crippen LogP contribution in [-0.4, -0.2) is 42.5 Å². The van der Waals surface area contributed by atoms with E-state index < -0.39 is 5.54 Å². The maximum absolute atomic E-state index is 11.8. The summed E-state index contributed by atoms with van der Waals surface area (Å²) in [6.07, 6.45) is 3.77. The van der Waals surface area contributed by atoms with Crippen molar-refractivity contribution in [3.8, 4) is 0 Å². The smallest absolute Gasteiger partial charge is 0.239 e. The highest BCUT2D eigenvalue weighted by molar-refractivity contribution is 5.85. The van der Waals surface area contributed by atoms with Crippen LogP contribution in [0.15, 0.2) is 0 Å². The minimum Gasteiger partial charge on any atom is -0.355 e. The van der Waals surface area contributed by atoms with E-state index in [9.17, 15) is 4.79 Å². The molecule has 0 heterocycles. The van der Waals surface area contributed by atoms with E-state index in [0.29, 0.717) is 6.04 Å². The average molecular weight is 257 g/mol. The fraction of sp³-hybridized carbons (Fsp3) is 0.929. The Labute approximate surface area is 112 Å². The molecule has 0 saturated heterocycles. The lowest BCUT2D eigenvalue weighted by molar-refractivity contribution is -0.126. The molecule has 1 amide bonds. The Bertz CT molecular complexity index is 239. The number of nitrogens with two attached hydrogens (primary N) is 1. The molecule has 0 fully saturated rings. The second kappa shape index (κ2) is 8.48. The first-order chi connectivity index (χ1) is 8.31. The zero-order chi connectivity index (χ0) is 14.2. The van der Waals surface area contributed by atoms with Crippen LogP contribution in [0.4, 0.5) is 0 Å². The third-order valence-corrected chi connectivity index (χ3v) is 3.39. The summed E-state index contributed by atoms with van der Waals surface area (Å²) < 4.78 is 0. The van der Waals surface area contributed by atoms with Crippen LogP contribution in [0, 0.1) is 0 Å². The number of rotatable bonds is 9. The minimum atomic E-state index is -0.719. The predicted octanol–water partition coefficient (Wildman–Crippen LogP) is 1.74. The molecule has 0 aliphatic heterocycles. The molecule has 3 N–H and O–H groups in total. The van der Waals surface area contributed by atoms with Crippen LogP contribution in [-0.2, 0) is 4.79 Å². The first kappa shape index (κ1) is 17.4. The van der Waals surface area contributed by atoms with Crippen molar-refractivity contribution in [3.05, 3.63) is 0 Å². The molecule has 0 aliphatic rings. The molecule has 1 unspecified atom stereocenters. The summed E-state index contributed by atoms with van der Waals surface area (Å²) in [6, 6.07) is 0.580. The summed E-state index contributed by atoms with van der Waals surface area (Å²) in [5.41, 5.74) is 5.23. The van der Waals surface area contributed by atoms with Crippen LogP contribution in [0.1, 0.15) is 53.4 Å². The molecule has 0 aliphatic carbocycles. The van der Waals surface area contributed by atoms with Gasteiger partial charge in [-0.15, -0.1) is 0 Å². The monoisotopic (exact) mass is 257 g/mol. The Morgan fingerprint density at radius 2 is 2.00 bits per heavy atom. The van der Waals surface area contributed by atoms with Gasteiger partial charge in [-0.05, 0) is 53.6 Å². The van der Waals surface area contributed by atoms with Crippen LogP contribution in [0.25, 0.3) is 0 Å². The van der Waals surface area contributed by atoms with Crippen molar-refractivity contribution in [1.29, 1.82) is 0 Å². The maximum Gasteiger partial charge on any atom is 0.239 e. The van der Waals surface area contributed by atoms with Gasteiger partial charge in [-0.1, -0.05) is 13.3 Å². The van der Waals surface area contributed by atoms with Gasteiger partial charge in [0.2, 0.25) is 5.91 Å². The number of carbonyl (C=O) groups is 1. The highest BCUT2D eigenvalue weighted by Gasteiger charge is 2.26. The second-order valence-corrected chi connectivity index (χ2v) is 5.70. The van der Waals surface area contributed by atoms with Crippen LogP contribution in [0.3, 0.4) is 0 Å². The summed E-state index contributed by atoms with van der Waals surface area (Å²) in [7, 11) is 2.13. The summed E-state index contributed by atoms with van der Waals surface area (Å²) in [5.74, 6) is -0.0263. The Kier molecular flexibility index (Phi) is 8.20. The van der Waals surface area contributed by atoms with Crippen LogP contribution in [0.5, 0.6) is 0 Å². The first-order valence-electron chi connectivity index (χ1n) is 7.08. The third-order valence-electron chi connectivity index (χ3n) is 3.39. The lowest BCUT2D eigenvalue weighted by Crippen LogP contribution is -2.51. The highest BCUT2D eigenvalue weighted by atomic mass is 16.2. The topological polar surface area (TPSA) is 58.4 Å². The molecule has 0 saturated carbocycles. The number of amides is 1. The first-order valence-corrected chi connectivity index (χ1v) is 7.08. The molecule has 4 heteroatoms. The van der Waals surface area contributed by atoms with E-state index in [4.69, 9.17) is 5.73 Å². The van der Waals surface area contributed by atoms with Crippen molar-refractivity contribution >= 4 is 5.91 Å². The van der Waals surface area contributed by atoms with Gasteiger partial charge >= 0.3 is 0 Å². The van der Waals surface area contributed by atoms with E-state index in [1.54, 1.807) is 6.92 Å². The Balaban J connectivity index is 3.70. The Hall–Kier alpha value is -0.610. The zero-order valence-corrected chi connectivity index (χ0v) is 12.8. The molecule has 1 atom stereocenters. The lowest BCUT2D eigenvalue weighted by Gasteiger charge is -2.23. The number of carbonyl (C=O) groups excluding carboxylic acids is 1. The number of hydrogen-bond acceptors (Lipinski definition) is 3. The number of unbranched alkanes of at least 4 members (excludes halogenated alkanes) is 1. The van der Waals surface area contributed by atoms with Gasteiger partial charge in [0.05, 0.1) is 5.54 Å². The molecule has 0 aromatic heterocycles.